The summed E-state index contributed by atoms with van der Waals surface area (Å²) >= 11 is 5.83. The molecule has 0 bridgehead atoms. The zero-order chi connectivity index (χ0) is 17.4. The SMILES string of the molecule is O=S(=O)(NCC1CCN(S(=O)(=O)C2CC2)CC1)c1cccc(Cl)c1. The lowest BCUT2D eigenvalue weighted by Crippen LogP contribution is -2.42. The van der Waals surface area contributed by atoms with Gasteiger partial charge in [-0.1, -0.05) is 17.7 Å². The lowest BCUT2D eigenvalue weighted by Gasteiger charge is -2.31. The number of rotatable bonds is 6. The summed E-state index contributed by atoms with van der Waals surface area (Å²) in [6, 6.07) is 6.13. The van der Waals surface area contributed by atoms with Gasteiger partial charge in [0.15, 0.2) is 0 Å². The van der Waals surface area contributed by atoms with E-state index in [0.717, 1.165) is 12.8 Å². The third-order valence-electron chi connectivity index (χ3n) is 4.55. The van der Waals surface area contributed by atoms with Crippen molar-refractivity contribution in [3.05, 3.63) is 29.3 Å². The van der Waals surface area contributed by atoms with Crippen LogP contribution < -0.4 is 4.72 Å². The average molecular weight is 393 g/mol. The molecule has 1 aliphatic heterocycles. The molecular weight excluding hydrogens is 372 g/mol. The smallest absolute Gasteiger partial charge is 0.212 e. The van der Waals surface area contributed by atoms with Crippen molar-refractivity contribution in [2.75, 3.05) is 19.6 Å². The number of piperidine rings is 1. The Morgan fingerprint density at radius 3 is 2.33 bits per heavy atom. The van der Waals surface area contributed by atoms with Gasteiger partial charge >= 0.3 is 0 Å². The second-order valence-electron chi connectivity index (χ2n) is 6.40. The molecule has 1 saturated heterocycles. The fourth-order valence-electron chi connectivity index (χ4n) is 2.89. The van der Waals surface area contributed by atoms with Crippen molar-refractivity contribution in [1.82, 2.24) is 9.03 Å². The van der Waals surface area contributed by atoms with Gasteiger partial charge in [-0.25, -0.2) is 25.9 Å². The van der Waals surface area contributed by atoms with Crippen molar-refractivity contribution in [2.45, 2.75) is 35.8 Å². The predicted molar refractivity (Wildman–Crippen MR) is 92.9 cm³/mol. The van der Waals surface area contributed by atoms with E-state index in [1.807, 2.05) is 0 Å². The quantitative estimate of drug-likeness (QED) is 0.800. The van der Waals surface area contributed by atoms with Gasteiger partial charge in [-0.15, -0.1) is 0 Å². The molecule has 2 aliphatic rings. The van der Waals surface area contributed by atoms with E-state index in [2.05, 4.69) is 4.72 Å². The second-order valence-corrected chi connectivity index (χ2v) is 10.8. The van der Waals surface area contributed by atoms with E-state index in [9.17, 15) is 16.8 Å². The van der Waals surface area contributed by atoms with Gasteiger partial charge in [0, 0.05) is 24.7 Å². The Labute approximate surface area is 148 Å². The molecule has 1 saturated carbocycles. The van der Waals surface area contributed by atoms with Crippen LogP contribution in [0.15, 0.2) is 29.2 Å². The van der Waals surface area contributed by atoms with E-state index in [0.29, 0.717) is 37.5 Å². The first-order chi connectivity index (χ1) is 11.3. The molecule has 9 heteroatoms. The molecule has 1 heterocycles. The van der Waals surface area contributed by atoms with Crippen LogP contribution in [0.5, 0.6) is 0 Å². The molecule has 24 heavy (non-hydrogen) atoms. The summed E-state index contributed by atoms with van der Waals surface area (Å²) in [6.45, 7) is 1.26. The highest BCUT2D eigenvalue weighted by atomic mass is 35.5. The maximum absolute atomic E-state index is 12.3. The number of halogens is 1. The average Bonchev–Trinajstić information content (AvgIpc) is 3.39. The first-order valence-corrected chi connectivity index (χ1v) is 11.4. The van der Waals surface area contributed by atoms with Gasteiger partial charge in [-0.05, 0) is 49.8 Å². The van der Waals surface area contributed by atoms with Crippen LogP contribution in [0.3, 0.4) is 0 Å². The fraction of sp³-hybridized carbons (Fsp3) is 0.600. The van der Waals surface area contributed by atoms with Crippen LogP contribution in [-0.4, -0.2) is 46.0 Å². The Kier molecular flexibility index (Phi) is 5.22. The highest BCUT2D eigenvalue weighted by Crippen LogP contribution is 2.33. The van der Waals surface area contributed by atoms with E-state index < -0.39 is 20.0 Å². The van der Waals surface area contributed by atoms with Crippen LogP contribution in [-0.2, 0) is 20.0 Å². The van der Waals surface area contributed by atoms with Gasteiger partial charge in [-0.2, -0.15) is 0 Å². The zero-order valence-corrected chi connectivity index (χ0v) is 15.6. The number of nitrogens with one attached hydrogen (secondary N) is 1. The van der Waals surface area contributed by atoms with E-state index >= 15 is 0 Å². The Hall–Kier alpha value is -0.670. The molecule has 0 unspecified atom stereocenters. The molecule has 2 fully saturated rings. The first kappa shape index (κ1) is 18.1. The van der Waals surface area contributed by atoms with Gasteiger partial charge in [0.2, 0.25) is 20.0 Å². The van der Waals surface area contributed by atoms with E-state index in [1.165, 1.54) is 12.1 Å². The van der Waals surface area contributed by atoms with Gasteiger partial charge in [0.1, 0.15) is 0 Å². The number of nitrogens with zero attached hydrogens (tertiary/aromatic N) is 1. The lowest BCUT2D eigenvalue weighted by molar-refractivity contribution is 0.274. The van der Waals surface area contributed by atoms with E-state index in [-0.39, 0.29) is 16.1 Å². The molecule has 0 atom stereocenters. The van der Waals surface area contributed by atoms with Gasteiger partial charge in [-0.3, -0.25) is 0 Å². The molecule has 0 amide bonds. The van der Waals surface area contributed by atoms with Crippen molar-refractivity contribution in [2.24, 2.45) is 5.92 Å². The number of hydrogen-bond acceptors (Lipinski definition) is 4. The second kappa shape index (κ2) is 6.92. The van der Waals surface area contributed by atoms with Crippen LogP contribution in [0.2, 0.25) is 5.02 Å². The summed E-state index contributed by atoms with van der Waals surface area (Å²) in [4.78, 5) is 0.142. The van der Waals surface area contributed by atoms with Crippen LogP contribution in [0.25, 0.3) is 0 Å². The molecule has 134 valence electrons. The molecule has 0 spiro atoms. The van der Waals surface area contributed by atoms with Gasteiger partial charge in [0.05, 0.1) is 10.1 Å². The number of hydrogen-bond donors (Lipinski definition) is 1. The highest BCUT2D eigenvalue weighted by molar-refractivity contribution is 7.90. The minimum absolute atomic E-state index is 0.142. The first-order valence-electron chi connectivity index (χ1n) is 8.03. The molecule has 6 nitrogen and oxygen atoms in total. The molecule has 0 radical (unpaired) electrons. The summed E-state index contributed by atoms with van der Waals surface area (Å²) in [5.74, 6) is 0.143. The maximum atomic E-state index is 12.3. The number of sulfonamides is 2. The Balaban J connectivity index is 1.53. The molecule has 1 aromatic rings. The molecule has 1 aromatic carbocycles. The summed E-state index contributed by atoms with van der Waals surface area (Å²) in [5, 5.41) is 0.187. The lowest BCUT2D eigenvalue weighted by atomic mass is 9.99. The van der Waals surface area contributed by atoms with Crippen LogP contribution in [0.4, 0.5) is 0 Å². The van der Waals surface area contributed by atoms with Gasteiger partial charge < -0.3 is 0 Å². The summed E-state index contributed by atoms with van der Waals surface area (Å²) in [6.07, 6.45) is 2.87. The highest BCUT2D eigenvalue weighted by Gasteiger charge is 2.41. The largest absolute Gasteiger partial charge is 0.240 e. The molecule has 0 aromatic heterocycles. The third kappa shape index (κ3) is 4.11. The van der Waals surface area contributed by atoms with Crippen LogP contribution >= 0.6 is 11.6 Å². The normalized spacial score (nSPS) is 21.0. The Morgan fingerprint density at radius 1 is 1.08 bits per heavy atom. The molecule has 1 N–H and O–H groups in total. The maximum Gasteiger partial charge on any atom is 0.240 e. The van der Waals surface area contributed by atoms with Gasteiger partial charge in [0.25, 0.3) is 0 Å². The van der Waals surface area contributed by atoms with Crippen molar-refractivity contribution in [1.29, 1.82) is 0 Å². The predicted octanol–water partition coefficient (Wildman–Crippen LogP) is 1.82. The standard InChI is InChI=1S/C15H21ClN2O4S2/c16-13-2-1-3-15(10-13)23(19,20)17-11-12-6-8-18(9-7-12)24(21,22)14-4-5-14/h1-3,10,12,14,17H,4-9,11H2. The summed E-state index contributed by atoms with van der Waals surface area (Å²) in [7, 11) is -6.72. The van der Waals surface area contributed by atoms with E-state index in [4.69, 9.17) is 11.6 Å². The zero-order valence-electron chi connectivity index (χ0n) is 13.2. The van der Waals surface area contributed by atoms with Crippen molar-refractivity contribution in [3.63, 3.8) is 0 Å². The fourth-order valence-corrected chi connectivity index (χ4v) is 6.18. The molecule has 3 rings (SSSR count). The monoisotopic (exact) mass is 392 g/mol. The molecule has 1 aliphatic carbocycles. The van der Waals surface area contributed by atoms with Crippen LogP contribution in [0.1, 0.15) is 25.7 Å². The van der Waals surface area contributed by atoms with Crippen molar-refractivity contribution >= 4 is 31.6 Å². The minimum atomic E-state index is -3.59. The summed E-state index contributed by atoms with van der Waals surface area (Å²) in [5.41, 5.74) is 0. The third-order valence-corrected chi connectivity index (χ3v) is 8.60. The minimum Gasteiger partial charge on any atom is -0.212 e. The van der Waals surface area contributed by atoms with E-state index in [1.54, 1.807) is 16.4 Å². The summed E-state index contributed by atoms with van der Waals surface area (Å²) < 4.78 is 53.1. The number of benzene rings is 1. The van der Waals surface area contributed by atoms with Crippen molar-refractivity contribution < 1.29 is 16.8 Å². The van der Waals surface area contributed by atoms with Crippen molar-refractivity contribution in [3.8, 4) is 0 Å². The van der Waals surface area contributed by atoms with Crippen LogP contribution in [0, 0.1) is 5.92 Å². The molecular formula is C15H21ClN2O4S2. The Bertz CT molecular complexity index is 799. The topological polar surface area (TPSA) is 83.6 Å². The Morgan fingerprint density at radius 2 is 1.75 bits per heavy atom.